The maximum atomic E-state index is 10.6. The zero-order valence-corrected chi connectivity index (χ0v) is 8.58. The van der Waals surface area contributed by atoms with Crippen LogP contribution in [0.15, 0.2) is 28.9 Å². The second-order valence-corrected chi connectivity index (χ2v) is 3.01. The van der Waals surface area contributed by atoms with E-state index >= 15 is 0 Å². The van der Waals surface area contributed by atoms with E-state index in [0.29, 0.717) is 11.5 Å². The van der Waals surface area contributed by atoms with Gasteiger partial charge in [-0.25, -0.2) is 0 Å². The van der Waals surface area contributed by atoms with Gasteiger partial charge in [0, 0.05) is 13.1 Å². The number of hydrogen-bond donors (Lipinski definition) is 0. The molecule has 0 amide bonds. The first-order chi connectivity index (χ1) is 7.75. The molecular weight excluding hydrogens is 210 g/mol. The molecule has 0 saturated carbocycles. The lowest BCUT2D eigenvalue weighted by Gasteiger charge is -1.93. The van der Waals surface area contributed by atoms with Gasteiger partial charge < -0.3 is 9.26 Å². The number of rotatable bonds is 3. The highest BCUT2D eigenvalue weighted by Gasteiger charge is 2.09. The van der Waals surface area contributed by atoms with Gasteiger partial charge in [-0.15, -0.1) is 0 Å². The van der Waals surface area contributed by atoms with Gasteiger partial charge in [-0.05, 0) is 12.1 Å². The molecule has 6 heteroatoms. The summed E-state index contributed by atoms with van der Waals surface area (Å²) in [7, 11) is 0. The minimum absolute atomic E-state index is 0.0187. The molecule has 82 valence electrons. The number of pyridine rings is 1. The van der Waals surface area contributed by atoms with Gasteiger partial charge in [-0.2, -0.15) is 4.98 Å². The third-order valence-corrected chi connectivity index (χ3v) is 1.76. The molecule has 2 rings (SSSR count). The fourth-order valence-corrected chi connectivity index (χ4v) is 1.08. The fourth-order valence-electron chi connectivity index (χ4n) is 1.08. The number of hydrogen-bond acceptors (Lipinski definition) is 6. The Morgan fingerprint density at radius 1 is 1.50 bits per heavy atom. The number of carbonyl (C=O) groups is 1. The standard InChI is InChI=1S/C10H9N3O3/c1-7(14)15-6-9-12-10(13-16-9)8-4-2-3-5-11-8/h2-5H,6H2,1H3. The average Bonchev–Trinajstić information content (AvgIpc) is 2.76. The zero-order chi connectivity index (χ0) is 11.4. The van der Waals surface area contributed by atoms with Crippen LogP contribution >= 0.6 is 0 Å². The van der Waals surface area contributed by atoms with Gasteiger partial charge in [0.2, 0.25) is 5.82 Å². The Kier molecular flexibility index (Phi) is 2.90. The number of ether oxygens (including phenoxy) is 1. The van der Waals surface area contributed by atoms with Crippen molar-refractivity contribution in [2.45, 2.75) is 13.5 Å². The third-order valence-electron chi connectivity index (χ3n) is 1.76. The molecule has 2 aromatic rings. The number of aromatic nitrogens is 3. The van der Waals surface area contributed by atoms with Crippen LogP contribution in [-0.2, 0) is 16.1 Å². The second kappa shape index (κ2) is 4.52. The van der Waals surface area contributed by atoms with Crippen LogP contribution in [0.1, 0.15) is 12.8 Å². The van der Waals surface area contributed by atoms with Crippen LogP contribution < -0.4 is 0 Å². The van der Waals surface area contributed by atoms with Gasteiger partial charge >= 0.3 is 5.97 Å². The van der Waals surface area contributed by atoms with Gasteiger partial charge in [0.05, 0.1) is 0 Å². The summed E-state index contributed by atoms with van der Waals surface area (Å²) in [5.41, 5.74) is 0.611. The number of carbonyl (C=O) groups excluding carboxylic acids is 1. The Hall–Kier alpha value is -2.24. The van der Waals surface area contributed by atoms with Crippen molar-refractivity contribution in [3.05, 3.63) is 30.3 Å². The fraction of sp³-hybridized carbons (Fsp3) is 0.200. The van der Waals surface area contributed by atoms with Crippen molar-refractivity contribution in [1.29, 1.82) is 0 Å². The molecule has 2 heterocycles. The first-order valence-corrected chi connectivity index (χ1v) is 4.63. The van der Waals surface area contributed by atoms with Gasteiger partial charge in [-0.3, -0.25) is 9.78 Å². The lowest BCUT2D eigenvalue weighted by molar-refractivity contribution is -0.143. The van der Waals surface area contributed by atoms with Gasteiger partial charge in [-0.1, -0.05) is 11.2 Å². The molecule has 0 aromatic carbocycles. The van der Waals surface area contributed by atoms with Gasteiger partial charge in [0.1, 0.15) is 5.69 Å². The Morgan fingerprint density at radius 2 is 2.38 bits per heavy atom. The quantitative estimate of drug-likeness (QED) is 0.721. The molecule has 0 atom stereocenters. The molecule has 0 saturated heterocycles. The van der Waals surface area contributed by atoms with E-state index in [0.717, 1.165) is 0 Å². The van der Waals surface area contributed by atoms with Crippen LogP contribution in [0.3, 0.4) is 0 Å². The van der Waals surface area contributed by atoms with Crippen molar-refractivity contribution in [1.82, 2.24) is 15.1 Å². The van der Waals surface area contributed by atoms with Crippen LogP contribution in [0.4, 0.5) is 0 Å². The SMILES string of the molecule is CC(=O)OCc1nc(-c2ccccn2)no1. The molecule has 0 fully saturated rings. The summed E-state index contributed by atoms with van der Waals surface area (Å²) in [6.07, 6.45) is 1.64. The number of nitrogens with zero attached hydrogens (tertiary/aromatic N) is 3. The zero-order valence-electron chi connectivity index (χ0n) is 8.58. The molecule has 16 heavy (non-hydrogen) atoms. The van der Waals surface area contributed by atoms with Crippen molar-refractivity contribution in [2.75, 3.05) is 0 Å². The molecular formula is C10H9N3O3. The Balaban J connectivity index is 2.11. The van der Waals surface area contributed by atoms with Crippen molar-refractivity contribution in [2.24, 2.45) is 0 Å². The summed E-state index contributed by atoms with van der Waals surface area (Å²) in [6.45, 7) is 1.30. The predicted molar refractivity (Wildman–Crippen MR) is 53.0 cm³/mol. The molecule has 0 spiro atoms. The van der Waals surface area contributed by atoms with E-state index in [1.807, 2.05) is 6.07 Å². The topological polar surface area (TPSA) is 78.1 Å². The predicted octanol–water partition coefficient (Wildman–Crippen LogP) is 1.19. The minimum Gasteiger partial charge on any atom is -0.456 e. The molecule has 0 N–H and O–H groups in total. The van der Waals surface area contributed by atoms with E-state index in [1.165, 1.54) is 6.92 Å². The summed E-state index contributed by atoms with van der Waals surface area (Å²) >= 11 is 0. The van der Waals surface area contributed by atoms with Crippen LogP contribution in [0.5, 0.6) is 0 Å². The van der Waals surface area contributed by atoms with Crippen LogP contribution in [0, 0.1) is 0 Å². The summed E-state index contributed by atoms with van der Waals surface area (Å²) in [6, 6.07) is 5.38. The van der Waals surface area contributed by atoms with Crippen LogP contribution in [-0.4, -0.2) is 21.1 Å². The molecule has 2 aromatic heterocycles. The first kappa shape index (κ1) is 10.3. The van der Waals surface area contributed by atoms with E-state index in [-0.39, 0.29) is 12.5 Å². The molecule has 0 aliphatic heterocycles. The Labute approximate surface area is 91.3 Å². The second-order valence-electron chi connectivity index (χ2n) is 3.01. The smallest absolute Gasteiger partial charge is 0.303 e. The van der Waals surface area contributed by atoms with Crippen LogP contribution in [0.2, 0.25) is 0 Å². The summed E-state index contributed by atoms with van der Waals surface area (Å²) in [5.74, 6) is 0.233. The highest BCUT2D eigenvalue weighted by atomic mass is 16.6. The van der Waals surface area contributed by atoms with E-state index in [9.17, 15) is 4.79 Å². The third kappa shape index (κ3) is 2.41. The summed E-state index contributed by atoms with van der Waals surface area (Å²) < 4.78 is 9.61. The van der Waals surface area contributed by atoms with Crippen LogP contribution in [0.25, 0.3) is 11.5 Å². The van der Waals surface area contributed by atoms with Crippen molar-refractivity contribution >= 4 is 5.97 Å². The largest absolute Gasteiger partial charge is 0.456 e. The first-order valence-electron chi connectivity index (χ1n) is 4.63. The molecule has 0 unspecified atom stereocenters. The van der Waals surface area contributed by atoms with Crippen molar-refractivity contribution in [3.63, 3.8) is 0 Å². The summed E-state index contributed by atoms with van der Waals surface area (Å²) in [4.78, 5) is 18.7. The molecule has 0 bridgehead atoms. The Morgan fingerprint density at radius 3 is 3.06 bits per heavy atom. The molecule has 6 nitrogen and oxygen atoms in total. The van der Waals surface area contributed by atoms with E-state index in [1.54, 1.807) is 18.3 Å². The monoisotopic (exact) mass is 219 g/mol. The van der Waals surface area contributed by atoms with E-state index in [4.69, 9.17) is 9.26 Å². The normalized spacial score (nSPS) is 10.1. The van der Waals surface area contributed by atoms with E-state index in [2.05, 4.69) is 15.1 Å². The van der Waals surface area contributed by atoms with Gasteiger partial charge in [0.25, 0.3) is 5.89 Å². The van der Waals surface area contributed by atoms with Gasteiger partial charge in [0.15, 0.2) is 6.61 Å². The summed E-state index contributed by atoms with van der Waals surface area (Å²) in [5, 5.41) is 3.72. The van der Waals surface area contributed by atoms with Crippen molar-refractivity contribution in [3.8, 4) is 11.5 Å². The highest BCUT2D eigenvalue weighted by molar-refractivity contribution is 5.65. The van der Waals surface area contributed by atoms with Crippen molar-refractivity contribution < 1.29 is 14.1 Å². The number of esters is 1. The molecule has 0 radical (unpaired) electrons. The lowest BCUT2D eigenvalue weighted by atomic mass is 10.3. The highest BCUT2D eigenvalue weighted by Crippen LogP contribution is 2.12. The average molecular weight is 219 g/mol. The molecule has 0 aliphatic carbocycles. The minimum atomic E-state index is -0.391. The van der Waals surface area contributed by atoms with E-state index < -0.39 is 5.97 Å². The Bertz CT molecular complexity index is 481. The lowest BCUT2D eigenvalue weighted by Crippen LogP contribution is -1.98. The molecule has 0 aliphatic rings. The maximum Gasteiger partial charge on any atom is 0.303 e. The maximum absolute atomic E-state index is 10.6.